The molecule has 1 fully saturated rings. The molecule has 2 N–H and O–H groups in total. The summed E-state index contributed by atoms with van der Waals surface area (Å²) in [4.78, 5) is 0. The largest absolute Gasteiger partial charge is 0.381 e. The second kappa shape index (κ2) is 6.38. The summed E-state index contributed by atoms with van der Waals surface area (Å²) in [5.41, 5.74) is 7.26. The Balaban J connectivity index is 1.89. The maximum absolute atomic E-state index is 13.3. The summed E-state index contributed by atoms with van der Waals surface area (Å²) >= 11 is 1.93. The van der Waals surface area contributed by atoms with Crippen molar-refractivity contribution in [2.24, 2.45) is 5.73 Å². The van der Waals surface area contributed by atoms with Crippen LogP contribution in [-0.2, 0) is 17.0 Å². The Labute approximate surface area is 106 Å². The zero-order valence-electron chi connectivity index (χ0n) is 9.82. The molecular formula is C13H18FNOS. The van der Waals surface area contributed by atoms with Gasteiger partial charge in [0.25, 0.3) is 0 Å². The van der Waals surface area contributed by atoms with Gasteiger partial charge in [-0.25, -0.2) is 4.39 Å². The van der Waals surface area contributed by atoms with E-state index in [1.807, 2.05) is 23.9 Å². The number of halogens is 1. The summed E-state index contributed by atoms with van der Waals surface area (Å²) < 4.78 is 18.6. The van der Waals surface area contributed by atoms with Crippen LogP contribution in [0.5, 0.6) is 0 Å². The average Bonchev–Trinajstić information content (AvgIpc) is 2.39. The Morgan fingerprint density at radius 1 is 1.35 bits per heavy atom. The first-order chi connectivity index (χ1) is 8.29. The molecule has 0 amide bonds. The van der Waals surface area contributed by atoms with E-state index >= 15 is 0 Å². The lowest BCUT2D eigenvalue weighted by Crippen LogP contribution is -2.17. The fourth-order valence-corrected chi connectivity index (χ4v) is 3.06. The molecule has 17 heavy (non-hydrogen) atoms. The second-order valence-corrected chi connectivity index (χ2v) is 5.54. The molecule has 0 unspecified atom stereocenters. The lowest BCUT2D eigenvalue weighted by molar-refractivity contribution is 0.1000. The normalized spacial score (nSPS) is 17.3. The molecular weight excluding hydrogens is 237 g/mol. The van der Waals surface area contributed by atoms with E-state index in [1.54, 1.807) is 0 Å². The molecule has 1 aliphatic heterocycles. The number of nitrogens with two attached hydrogens (primary N) is 1. The predicted molar refractivity (Wildman–Crippen MR) is 69.4 cm³/mol. The van der Waals surface area contributed by atoms with Crippen LogP contribution in [0.2, 0.25) is 0 Å². The molecule has 1 aliphatic rings. The zero-order valence-corrected chi connectivity index (χ0v) is 10.6. The van der Waals surface area contributed by atoms with Gasteiger partial charge in [0.15, 0.2) is 0 Å². The first-order valence-electron chi connectivity index (χ1n) is 5.96. The molecule has 2 nitrogen and oxygen atoms in total. The van der Waals surface area contributed by atoms with E-state index in [2.05, 4.69) is 0 Å². The van der Waals surface area contributed by atoms with Gasteiger partial charge in [-0.15, -0.1) is 0 Å². The van der Waals surface area contributed by atoms with Crippen LogP contribution in [0, 0.1) is 5.82 Å². The lowest BCUT2D eigenvalue weighted by Gasteiger charge is -2.21. The van der Waals surface area contributed by atoms with Gasteiger partial charge >= 0.3 is 0 Å². The molecule has 1 aromatic rings. The Bertz CT molecular complexity index is 366. The second-order valence-electron chi connectivity index (χ2n) is 4.25. The molecule has 1 aromatic carbocycles. The van der Waals surface area contributed by atoms with Crippen molar-refractivity contribution in [1.29, 1.82) is 0 Å². The van der Waals surface area contributed by atoms with Crippen molar-refractivity contribution >= 4 is 11.8 Å². The van der Waals surface area contributed by atoms with Crippen molar-refractivity contribution in [2.75, 3.05) is 13.2 Å². The van der Waals surface area contributed by atoms with Gasteiger partial charge in [0.2, 0.25) is 0 Å². The highest BCUT2D eigenvalue weighted by molar-refractivity contribution is 7.99. The number of rotatable bonds is 4. The quantitative estimate of drug-likeness (QED) is 0.898. The molecule has 0 spiro atoms. The third-order valence-electron chi connectivity index (χ3n) is 2.98. The van der Waals surface area contributed by atoms with Gasteiger partial charge in [-0.3, -0.25) is 0 Å². The summed E-state index contributed by atoms with van der Waals surface area (Å²) in [6, 6.07) is 5.24. The van der Waals surface area contributed by atoms with Gasteiger partial charge in [0, 0.05) is 36.3 Å². The van der Waals surface area contributed by atoms with Gasteiger partial charge in [-0.05, 0) is 24.5 Å². The summed E-state index contributed by atoms with van der Waals surface area (Å²) in [6.45, 7) is 2.01. The van der Waals surface area contributed by atoms with Gasteiger partial charge in [0.05, 0.1) is 0 Å². The van der Waals surface area contributed by atoms with E-state index in [-0.39, 0.29) is 12.4 Å². The zero-order chi connectivity index (χ0) is 12.1. The standard InChI is InChI=1S/C13H18FNOS/c14-13-2-1-10(7-11(13)8-15)9-17-12-3-5-16-6-4-12/h1-2,7,12H,3-6,8-9,15H2. The molecule has 0 aliphatic carbocycles. The van der Waals surface area contributed by atoms with Gasteiger partial charge in [-0.1, -0.05) is 12.1 Å². The molecule has 0 aromatic heterocycles. The van der Waals surface area contributed by atoms with Crippen molar-refractivity contribution in [1.82, 2.24) is 0 Å². The number of hydrogen-bond acceptors (Lipinski definition) is 3. The minimum absolute atomic E-state index is 0.202. The van der Waals surface area contributed by atoms with Crippen LogP contribution in [-0.4, -0.2) is 18.5 Å². The van der Waals surface area contributed by atoms with Crippen molar-refractivity contribution in [3.63, 3.8) is 0 Å². The Kier molecular flexibility index (Phi) is 4.83. The Hall–Kier alpha value is -0.580. The monoisotopic (exact) mass is 255 g/mol. The van der Waals surface area contributed by atoms with E-state index in [1.165, 1.54) is 6.07 Å². The predicted octanol–water partition coefficient (Wildman–Crippen LogP) is 2.70. The molecule has 94 valence electrons. The van der Waals surface area contributed by atoms with Crippen LogP contribution in [0.4, 0.5) is 4.39 Å². The topological polar surface area (TPSA) is 35.2 Å². The lowest BCUT2D eigenvalue weighted by atomic mass is 10.1. The molecule has 1 heterocycles. The fourth-order valence-electron chi connectivity index (χ4n) is 1.93. The Morgan fingerprint density at radius 3 is 2.82 bits per heavy atom. The first-order valence-corrected chi connectivity index (χ1v) is 7.01. The highest BCUT2D eigenvalue weighted by Gasteiger charge is 2.14. The third-order valence-corrected chi connectivity index (χ3v) is 4.43. The summed E-state index contributed by atoms with van der Waals surface area (Å²) in [5.74, 6) is 0.727. The smallest absolute Gasteiger partial charge is 0.127 e. The molecule has 0 saturated carbocycles. The van der Waals surface area contributed by atoms with Crippen LogP contribution < -0.4 is 5.73 Å². The van der Waals surface area contributed by atoms with Crippen molar-refractivity contribution in [3.8, 4) is 0 Å². The molecule has 0 atom stereocenters. The van der Waals surface area contributed by atoms with Crippen molar-refractivity contribution in [2.45, 2.75) is 30.4 Å². The van der Waals surface area contributed by atoms with E-state index in [4.69, 9.17) is 10.5 Å². The summed E-state index contributed by atoms with van der Waals surface area (Å²) in [6.07, 6.45) is 2.24. The molecule has 4 heteroatoms. The number of benzene rings is 1. The maximum Gasteiger partial charge on any atom is 0.127 e. The van der Waals surface area contributed by atoms with Crippen LogP contribution in [0.3, 0.4) is 0 Å². The minimum Gasteiger partial charge on any atom is -0.381 e. The number of ether oxygens (including phenoxy) is 1. The third kappa shape index (κ3) is 3.69. The van der Waals surface area contributed by atoms with Gasteiger partial charge in [0.1, 0.15) is 5.82 Å². The van der Waals surface area contributed by atoms with Crippen LogP contribution in [0.25, 0.3) is 0 Å². The summed E-state index contributed by atoms with van der Waals surface area (Å²) in [5, 5.41) is 0.676. The molecule has 0 radical (unpaired) electrons. The fraction of sp³-hybridized carbons (Fsp3) is 0.538. The van der Waals surface area contributed by atoms with Crippen LogP contribution in [0.15, 0.2) is 18.2 Å². The summed E-state index contributed by atoms with van der Waals surface area (Å²) in [7, 11) is 0. The minimum atomic E-state index is -0.202. The van der Waals surface area contributed by atoms with Gasteiger partial charge < -0.3 is 10.5 Å². The van der Waals surface area contributed by atoms with E-state index in [9.17, 15) is 4.39 Å². The molecule has 2 rings (SSSR count). The van der Waals surface area contributed by atoms with Gasteiger partial charge in [-0.2, -0.15) is 11.8 Å². The Morgan fingerprint density at radius 2 is 2.12 bits per heavy atom. The van der Waals surface area contributed by atoms with Crippen molar-refractivity contribution < 1.29 is 9.13 Å². The maximum atomic E-state index is 13.3. The first kappa shape index (κ1) is 12.9. The SMILES string of the molecule is NCc1cc(CSC2CCOCC2)ccc1F. The van der Waals surface area contributed by atoms with Crippen molar-refractivity contribution in [3.05, 3.63) is 35.1 Å². The average molecular weight is 255 g/mol. The highest BCUT2D eigenvalue weighted by Crippen LogP contribution is 2.26. The number of thioether (sulfide) groups is 1. The van der Waals surface area contributed by atoms with E-state index in [0.717, 1.165) is 37.4 Å². The van der Waals surface area contributed by atoms with Crippen LogP contribution >= 0.6 is 11.8 Å². The number of hydrogen-bond donors (Lipinski definition) is 1. The molecule has 0 bridgehead atoms. The highest BCUT2D eigenvalue weighted by atomic mass is 32.2. The van der Waals surface area contributed by atoms with Crippen LogP contribution in [0.1, 0.15) is 24.0 Å². The van der Waals surface area contributed by atoms with E-state index in [0.29, 0.717) is 10.8 Å². The molecule has 1 saturated heterocycles. The van der Waals surface area contributed by atoms with E-state index < -0.39 is 0 Å².